The van der Waals surface area contributed by atoms with E-state index >= 15 is 0 Å². The summed E-state index contributed by atoms with van der Waals surface area (Å²) in [6.07, 6.45) is 3.02. The fraction of sp³-hybridized carbons (Fsp3) is 0.636. The number of likely N-dealkylation sites (N-methyl/N-ethyl adjacent to an activating group) is 1. The number of fused-ring (bicyclic) bond motifs is 1. The standard InChI is InChI=1S/C22H38N2O4P/c1-21(2,3)27-29(28-22(4,5)6)26-16-24(7,8)13-12-17-15-23-20-11-10-18(25-9)14-19(17)20/h10-11,14-15,23H,12-13,16H2,1-9H3/q+1. The van der Waals surface area contributed by atoms with Crippen molar-refractivity contribution in [2.45, 2.75) is 59.2 Å². The molecule has 7 heteroatoms. The van der Waals surface area contributed by atoms with E-state index in [1.165, 1.54) is 10.9 Å². The minimum atomic E-state index is -1.43. The monoisotopic (exact) mass is 425 g/mol. The van der Waals surface area contributed by atoms with Gasteiger partial charge in [-0.25, -0.2) is 0 Å². The summed E-state index contributed by atoms with van der Waals surface area (Å²) >= 11 is 0. The van der Waals surface area contributed by atoms with Crippen molar-refractivity contribution in [2.75, 3.05) is 34.5 Å². The molecule has 29 heavy (non-hydrogen) atoms. The lowest BCUT2D eigenvalue weighted by Crippen LogP contribution is -2.43. The van der Waals surface area contributed by atoms with Crippen LogP contribution in [-0.2, 0) is 20.0 Å². The molecule has 1 aromatic heterocycles. The smallest absolute Gasteiger partial charge is 0.338 e. The number of aromatic amines is 1. The van der Waals surface area contributed by atoms with Crippen LogP contribution in [0.2, 0.25) is 0 Å². The van der Waals surface area contributed by atoms with Gasteiger partial charge in [-0.05, 0) is 65.3 Å². The topological polar surface area (TPSA) is 52.7 Å². The third-order valence-corrected chi connectivity index (χ3v) is 5.89. The number of rotatable bonds is 9. The molecule has 0 atom stereocenters. The van der Waals surface area contributed by atoms with Gasteiger partial charge in [0, 0.05) is 23.5 Å². The van der Waals surface area contributed by atoms with E-state index in [-0.39, 0.29) is 11.2 Å². The molecule has 0 radical (unpaired) electrons. The molecule has 0 aliphatic heterocycles. The Kier molecular flexibility index (Phi) is 7.74. The van der Waals surface area contributed by atoms with Crippen molar-refractivity contribution in [1.29, 1.82) is 0 Å². The quantitative estimate of drug-likeness (QED) is 0.322. The molecule has 0 aliphatic carbocycles. The van der Waals surface area contributed by atoms with Gasteiger partial charge in [0.1, 0.15) is 5.75 Å². The average molecular weight is 426 g/mol. The Morgan fingerprint density at radius 3 is 2.17 bits per heavy atom. The summed E-state index contributed by atoms with van der Waals surface area (Å²) in [6.45, 7) is 13.5. The van der Waals surface area contributed by atoms with Gasteiger partial charge in [0.15, 0.2) is 6.73 Å². The number of quaternary nitrogens is 1. The Balaban J connectivity index is 1.99. The molecule has 164 valence electrons. The number of nitrogens with zero attached hydrogens (tertiary/aromatic N) is 1. The van der Waals surface area contributed by atoms with Crippen LogP contribution in [0.15, 0.2) is 24.4 Å². The molecule has 1 N–H and O–H groups in total. The van der Waals surface area contributed by atoms with Crippen LogP contribution < -0.4 is 4.74 Å². The Morgan fingerprint density at radius 2 is 1.62 bits per heavy atom. The van der Waals surface area contributed by atoms with Gasteiger partial charge in [0.25, 0.3) is 0 Å². The Labute approximate surface area is 177 Å². The maximum absolute atomic E-state index is 6.12. The molecular formula is C22H38N2O4P+. The second-order valence-corrected chi connectivity index (χ2v) is 11.1. The van der Waals surface area contributed by atoms with E-state index < -0.39 is 8.60 Å². The Hall–Kier alpha value is -1.17. The first kappa shape index (κ1) is 24.1. The van der Waals surface area contributed by atoms with E-state index in [4.69, 9.17) is 18.3 Å². The fourth-order valence-electron chi connectivity index (χ4n) is 2.70. The van der Waals surface area contributed by atoms with E-state index in [1.54, 1.807) is 7.11 Å². The highest BCUT2D eigenvalue weighted by Gasteiger charge is 2.29. The van der Waals surface area contributed by atoms with Gasteiger partial charge >= 0.3 is 8.60 Å². The molecule has 1 heterocycles. The highest BCUT2D eigenvalue weighted by molar-refractivity contribution is 7.41. The lowest BCUT2D eigenvalue weighted by Gasteiger charge is -2.34. The summed E-state index contributed by atoms with van der Waals surface area (Å²) in [6, 6.07) is 6.12. The predicted molar refractivity (Wildman–Crippen MR) is 120 cm³/mol. The van der Waals surface area contributed by atoms with Gasteiger partial charge in [-0.3, -0.25) is 4.52 Å². The molecule has 6 nitrogen and oxygen atoms in total. The van der Waals surface area contributed by atoms with Crippen LogP contribution in [0.4, 0.5) is 0 Å². The summed E-state index contributed by atoms with van der Waals surface area (Å²) < 4.78 is 24.3. The molecule has 0 aliphatic rings. The van der Waals surface area contributed by atoms with Crippen LogP contribution in [0.25, 0.3) is 10.9 Å². The van der Waals surface area contributed by atoms with Crippen LogP contribution in [0.3, 0.4) is 0 Å². The van der Waals surface area contributed by atoms with Crippen molar-refractivity contribution in [3.63, 3.8) is 0 Å². The molecular weight excluding hydrogens is 387 g/mol. The van der Waals surface area contributed by atoms with Crippen molar-refractivity contribution in [3.8, 4) is 5.75 Å². The lowest BCUT2D eigenvalue weighted by atomic mass is 10.1. The van der Waals surface area contributed by atoms with E-state index in [0.717, 1.165) is 24.2 Å². The molecule has 0 amide bonds. The number of benzene rings is 1. The highest BCUT2D eigenvalue weighted by Crippen LogP contribution is 2.47. The summed E-state index contributed by atoms with van der Waals surface area (Å²) in [5, 5.41) is 1.21. The van der Waals surface area contributed by atoms with Gasteiger partial charge in [-0.1, -0.05) is 0 Å². The van der Waals surface area contributed by atoms with Crippen LogP contribution in [-0.4, -0.2) is 55.1 Å². The molecule has 0 spiro atoms. The molecule has 1 aromatic carbocycles. The molecule has 2 rings (SSSR count). The van der Waals surface area contributed by atoms with Gasteiger partial charge in [0.05, 0.1) is 39.0 Å². The first-order valence-electron chi connectivity index (χ1n) is 10.1. The molecule has 2 aromatic rings. The van der Waals surface area contributed by atoms with E-state index in [0.29, 0.717) is 11.2 Å². The van der Waals surface area contributed by atoms with Gasteiger partial charge in [-0.2, -0.15) is 0 Å². The summed E-state index contributed by atoms with van der Waals surface area (Å²) in [5.74, 6) is 0.875. The second kappa shape index (κ2) is 9.32. The van der Waals surface area contributed by atoms with Gasteiger partial charge < -0.3 is 23.3 Å². The fourth-order valence-corrected chi connectivity index (χ4v) is 4.14. The minimum absolute atomic E-state index is 0.322. The number of methoxy groups -OCH3 is 1. The normalized spacial score (nSPS) is 13.4. The zero-order valence-corrected chi connectivity index (χ0v) is 20.4. The number of hydrogen-bond acceptors (Lipinski definition) is 4. The molecule has 0 unspecified atom stereocenters. The summed E-state index contributed by atoms with van der Waals surface area (Å²) in [5.41, 5.74) is 1.77. The largest absolute Gasteiger partial charge is 0.497 e. The van der Waals surface area contributed by atoms with Crippen molar-refractivity contribution in [3.05, 3.63) is 30.0 Å². The van der Waals surface area contributed by atoms with Crippen molar-refractivity contribution in [1.82, 2.24) is 4.98 Å². The van der Waals surface area contributed by atoms with Crippen molar-refractivity contribution in [2.24, 2.45) is 0 Å². The zero-order valence-electron chi connectivity index (χ0n) is 19.5. The molecule has 0 bridgehead atoms. The SMILES string of the molecule is COc1ccc2[nH]cc(CC[N+](C)(C)COP(OC(C)(C)C)OC(C)(C)C)c2c1. The number of H-pyrrole nitrogens is 1. The summed E-state index contributed by atoms with van der Waals surface area (Å²) in [4.78, 5) is 3.35. The van der Waals surface area contributed by atoms with Crippen molar-refractivity contribution >= 4 is 19.5 Å². The number of ether oxygens (including phenoxy) is 1. The average Bonchev–Trinajstić information content (AvgIpc) is 2.97. The van der Waals surface area contributed by atoms with E-state index in [2.05, 4.69) is 37.4 Å². The first-order chi connectivity index (χ1) is 13.3. The van der Waals surface area contributed by atoms with E-state index in [9.17, 15) is 0 Å². The number of nitrogens with one attached hydrogen (secondary N) is 1. The lowest BCUT2D eigenvalue weighted by molar-refractivity contribution is -0.905. The molecule has 0 saturated heterocycles. The van der Waals surface area contributed by atoms with Gasteiger partial charge in [-0.15, -0.1) is 0 Å². The third kappa shape index (κ3) is 8.23. The first-order valence-corrected chi connectivity index (χ1v) is 11.1. The predicted octanol–water partition coefficient (Wildman–Crippen LogP) is 5.63. The van der Waals surface area contributed by atoms with Crippen LogP contribution >= 0.6 is 8.60 Å². The minimum Gasteiger partial charge on any atom is -0.497 e. The maximum atomic E-state index is 6.12. The number of hydrogen-bond donors (Lipinski definition) is 1. The zero-order chi connectivity index (χ0) is 21.9. The Bertz CT molecular complexity index is 774. The highest BCUT2D eigenvalue weighted by atomic mass is 31.2. The third-order valence-electron chi connectivity index (χ3n) is 4.17. The van der Waals surface area contributed by atoms with Crippen LogP contribution in [0.1, 0.15) is 47.1 Å². The molecule has 0 saturated carbocycles. The maximum Gasteiger partial charge on any atom is 0.338 e. The van der Waals surface area contributed by atoms with E-state index in [1.807, 2.05) is 47.6 Å². The molecule has 0 fully saturated rings. The second-order valence-electron chi connectivity index (χ2n) is 10.0. The number of aromatic nitrogens is 1. The summed E-state index contributed by atoms with van der Waals surface area (Å²) in [7, 11) is 4.59. The van der Waals surface area contributed by atoms with Crippen LogP contribution in [0.5, 0.6) is 5.75 Å². The van der Waals surface area contributed by atoms with Gasteiger partial charge in [0.2, 0.25) is 0 Å². The van der Waals surface area contributed by atoms with Crippen LogP contribution in [0, 0.1) is 0 Å². The van der Waals surface area contributed by atoms with Crippen molar-refractivity contribution < 1.29 is 22.8 Å². The Morgan fingerprint density at radius 1 is 1.00 bits per heavy atom.